The molecule has 68 valence electrons. The molecule has 0 aliphatic heterocycles. The van der Waals surface area contributed by atoms with E-state index in [4.69, 9.17) is 5.26 Å². The van der Waals surface area contributed by atoms with Gasteiger partial charge in [-0.1, -0.05) is 0 Å². The Labute approximate surface area is 81.4 Å². The van der Waals surface area contributed by atoms with E-state index < -0.39 is 0 Å². The first-order valence-electron chi connectivity index (χ1n) is 4.16. The van der Waals surface area contributed by atoms with Crippen molar-refractivity contribution in [1.29, 1.82) is 5.26 Å². The Morgan fingerprint density at radius 3 is 2.86 bits per heavy atom. The second kappa shape index (κ2) is 3.30. The molecule has 0 saturated carbocycles. The maximum Gasteiger partial charge on any atom is 0.106 e. The normalized spacial score (nSPS) is 9.71. The highest BCUT2D eigenvalue weighted by Crippen LogP contribution is 2.18. The zero-order valence-electron chi connectivity index (χ0n) is 7.68. The van der Waals surface area contributed by atoms with Crippen LogP contribution in [0, 0.1) is 11.3 Å². The fourth-order valence-corrected chi connectivity index (χ4v) is 1.31. The van der Waals surface area contributed by atoms with E-state index in [0.29, 0.717) is 11.3 Å². The quantitative estimate of drug-likeness (QED) is 0.672. The van der Waals surface area contributed by atoms with Crippen LogP contribution in [-0.4, -0.2) is 14.8 Å². The molecule has 14 heavy (non-hydrogen) atoms. The van der Waals surface area contributed by atoms with Crippen molar-refractivity contribution in [3.63, 3.8) is 0 Å². The van der Waals surface area contributed by atoms with Crippen LogP contribution in [0.4, 0.5) is 0 Å². The molecule has 0 fully saturated rings. The first-order valence-corrected chi connectivity index (χ1v) is 4.16. The minimum absolute atomic E-state index is 0.566. The summed E-state index contributed by atoms with van der Waals surface area (Å²) in [4.78, 5) is 4.17. The number of aryl methyl sites for hydroxylation is 1. The van der Waals surface area contributed by atoms with Crippen LogP contribution in [0.3, 0.4) is 0 Å². The monoisotopic (exact) mass is 184 g/mol. The van der Waals surface area contributed by atoms with Crippen LogP contribution < -0.4 is 0 Å². The first kappa shape index (κ1) is 8.45. The van der Waals surface area contributed by atoms with Crippen LogP contribution in [0.5, 0.6) is 0 Å². The van der Waals surface area contributed by atoms with Crippen molar-refractivity contribution in [3.05, 3.63) is 36.2 Å². The molecular weight excluding hydrogens is 176 g/mol. The lowest BCUT2D eigenvalue weighted by molar-refractivity contribution is 0.773. The second-order valence-corrected chi connectivity index (χ2v) is 2.85. The molecule has 2 rings (SSSR count). The smallest absolute Gasteiger partial charge is 0.106 e. The fraction of sp³-hybridized carbons (Fsp3) is 0.100. The Bertz CT molecular complexity index is 493. The van der Waals surface area contributed by atoms with E-state index in [1.807, 2.05) is 13.1 Å². The summed E-state index contributed by atoms with van der Waals surface area (Å²) in [7, 11) is 1.82. The molecule has 4 nitrogen and oxygen atoms in total. The van der Waals surface area contributed by atoms with Gasteiger partial charge in [-0.2, -0.15) is 10.4 Å². The number of aromatic nitrogens is 3. The van der Waals surface area contributed by atoms with Crippen LogP contribution in [0.1, 0.15) is 5.56 Å². The highest BCUT2D eigenvalue weighted by Gasteiger charge is 2.08. The SMILES string of the molecule is Cn1nccc1-c1ncccc1C#N. The molecule has 0 atom stereocenters. The Hall–Kier alpha value is -2.15. The Balaban J connectivity index is 2.64. The highest BCUT2D eigenvalue weighted by molar-refractivity contribution is 5.62. The lowest BCUT2D eigenvalue weighted by Crippen LogP contribution is -1.97. The summed E-state index contributed by atoms with van der Waals surface area (Å²) in [6, 6.07) is 7.44. The average Bonchev–Trinajstić information content (AvgIpc) is 2.64. The van der Waals surface area contributed by atoms with Crippen molar-refractivity contribution in [3.8, 4) is 17.5 Å². The highest BCUT2D eigenvalue weighted by atomic mass is 15.3. The number of nitrogens with zero attached hydrogens (tertiary/aromatic N) is 4. The summed E-state index contributed by atoms with van der Waals surface area (Å²) in [6.45, 7) is 0. The van der Waals surface area contributed by atoms with Crippen molar-refractivity contribution in [2.45, 2.75) is 0 Å². The van der Waals surface area contributed by atoms with Gasteiger partial charge in [-0.3, -0.25) is 9.67 Å². The molecule has 0 radical (unpaired) electrons. The molecule has 0 spiro atoms. The third-order valence-electron chi connectivity index (χ3n) is 1.99. The summed E-state index contributed by atoms with van der Waals surface area (Å²) < 4.78 is 1.70. The van der Waals surface area contributed by atoms with Gasteiger partial charge in [0.15, 0.2) is 0 Å². The molecule has 0 aromatic carbocycles. The molecule has 0 saturated heterocycles. The topological polar surface area (TPSA) is 54.5 Å². The Morgan fingerprint density at radius 1 is 1.36 bits per heavy atom. The molecule has 0 N–H and O–H groups in total. The third kappa shape index (κ3) is 1.25. The Morgan fingerprint density at radius 2 is 2.21 bits per heavy atom. The standard InChI is InChI=1S/C10H8N4/c1-14-9(4-6-13-14)10-8(7-11)3-2-5-12-10/h2-6H,1H3. The minimum atomic E-state index is 0.566. The van der Waals surface area contributed by atoms with Gasteiger partial charge in [0.1, 0.15) is 11.8 Å². The van der Waals surface area contributed by atoms with E-state index in [2.05, 4.69) is 16.2 Å². The van der Waals surface area contributed by atoms with E-state index in [1.165, 1.54) is 0 Å². The van der Waals surface area contributed by atoms with Gasteiger partial charge in [0.2, 0.25) is 0 Å². The second-order valence-electron chi connectivity index (χ2n) is 2.85. The van der Waals surface area contributed by atoms with Gasteiger partial charge < -0.3 is 0 Å². The van der Waals surface area contributed by atoms with Crippen LogP contribution in [-0.2, 0) is 7.05 Å². The molecule has 2 aromatic heterocycles. The molecule has 2 aromatic rings. The summed E-state index contributed by atoms with van der Waals surface area (Å²) >= 11 is 0. The van der Waals surface area contributed by atoms with Crippen LogP contribution >= 0.6 is 0 Å². The summed E-state index contributed by atoms with van der Waals surface area (Å²) in [5.41, 5.74) is 2.09. The van der Waals surface area contributed by atoms with Crippen molar-refractivity contribution >= 4 is 0 Å². The molecule has 0 aliphatic rings. The zero-order valence-corrected chi connectivity index (χ0v) is 7.68. The lowest BCUT2D eigenvalue weighted by atomic mass is 10.1. The van der Waals surface area contributed by atoms with E-state index in [-0.39, 0.29) is 0 Å². The maximum atomic E-state index is 8.89. The number of hydrogen-bond acceptors (Lipinski definition) is 3. The molecule has 0 aliphatic carbocycles. The molecule has 0 unspecified atom stereocenters. The van der Waals surface area contributed by atoms with Gasteiger partial charge in [0, 0.05) is 19.4 Å². The zero-order chi connectivity index (χ0) is 9.97. The van der Waals surface area contributed by atoms with Crippen molar-refractivity contribution in [1.82, 2.24) is 14.8 Å². The van der Waals surface area contributed by atoms with Crippen LogP contribution in [0.25, 0.3) is 11.4 Å². The summed E-state index contributed by atoms with van der Waals surface area (Å²) in [6.07, 6.45) is 3.36. The first-order chi connectivity index (χ1) is 6.83. The van der Waals surface area contributed by atoms with E-state index >= 15 is 0 Å². The summed E-state index contributed by atoms with van der Waals surface area (Å²) in [5.74, 6) is 0. The van der Waals surface area contributed by atoms with Gasteiger partial charge >= 0.3 is 0 Å². The van der Waals surface area contributed by atoms with Gasteiger partial charge in [-0.05, 0) is 18.2 Å². The number of pyridine rings is 1. The molecule has 0 bridgehead atoms. The Kier molecular flexibility index (Phi) is 1.99. The van der Waals surface area contributed by atoms with E-state index in [1.54, 1.807) is 29.2 Å². The minimum Gasteiger partial charge on any atom is -0.266 e. The average molecular weight is 184 g/mol. The number of hydrogen-bond donors (Lipinski definition) is 0. The number of nitriles is 1. The third-order valence-corrected chi connectivity index (χ3v) is 1.99. The molecule has 2 heterocycles. The van der Waals surface area contributed by atoms with Crippen molar-refractivity contribution < 1.29 is 0 Å². The molecule has 0 amide bonds. The van der Waals surface area contributed by atoms with Gasteiger partial charge in [0.05, 0.1) is 11.3 Å². The van der Waals surface area contributed by atoms with Gasteiger partial charge in [0.25, 0.3) is 0 Å². The van der Waals surface area contributed by atoms with E-state index in [9.17, 15) is 0 Å². The predicted octanol–water partition coefficient (Wildman–Crippen LogP) is 1.35. The lowest BCUT2D eigenvalue weighted by Gasteiger charge is -2.01. The van der Waals surface area contributed by atoms with Crippen LogP contribution in [0.15, 0.2) is 30.6 Å². The maximum absolute atomic E-state index is 8.89. The van der Waals surface area contributed by atoms with Gasteiger partial charge in [-0.25, -0.2) is 0 Å². The van der Waals surface area contributed by atoms with Crippen molar-refractivity contribution in [2.75, 3.05) is 0 Å². The van der Waals surface area contributed by atoms with Crippen LogP contribution in [0.2, 0.25) is 0 Å². The predicted molar refractivity (Wildman–Crippen MR) is 51.2 cm³/mol. The number of rotatable bonds is 1. The summed E-state index contributed by atoms with van der Waals surface area (Å²) in [5, 5.41) is 12.9. The van der Waals surface area contributed by atoms with Gasteiger partial charge in [-0.15, -0.1) is 0 Å². The fourth-order valence-electron chi connectivity index (χ4n) is 1.31. The van der Waals surface area contributed by atoms with E-state index in [0.717, 1.165) is 5.69 Å². The molecular formula is C10H8N4. The van der Waals surface area contributed by atoms with Crippen molar-refractivity contribution in [2.24, 2.45) is 7.05 Å². The largest absolute Gasteiger partial charge is 0.266 e. The molecule has 4 heteroatoms.